The van der Waals surface area contributed by atoms with Crippen LogP contribution in [0.2, 0.25) is 0 Å². The molecule has 0 aromatic heterocycles. The first-order valence-corrected chi connectivity index (χ1v) is 6.94. The van der Waals surface area contributed by atoms with Crippen LogP contribution in [-0.4, -0.2) is 35.0 Å². The first kappa shape index (κ1) is 16.2. The molecule has 0 heterocycles. The fraction of sp³-hybridized carbons (Fsp3) is 0.500. The fourth-order valence-electron chi connectivity index (χ4n) is 2.01. The monoisotopic (exact) mass is 277 g/mol. The summed E-state index contributed by atoms with van der Waals surface area (Å²) in [6.45, 7) is 6.52. The van der Waals surface area contributed by atoms with Gasteiger partial charge in [-0.25, -0.2) is 0 Å². The van der Waals surface area contributed by atoms with E-state index in [-0.39, 0.29) is 12.5 Å². The van der Waals surface area contributed by atoms with E-state index in [1.807, 2.05) is 44.2 Å². The molecule has 1 N–H and O–H groups in total. The molecule has 1 aromatic carbocycles. The molecule has 20 heavy (non-hydrogen) atoms. The van der Waals surface area contributed by atoms with Crippen LogP contribution in [0.3, 0.4) is 0 Å². The Kier molecular flexibility index (Phi) is 6.22. The lowest BCUT2D eigenvalue weighted by Crippen LogP contribution is -2.40. The molecule has 0 aliphatic rings. The summed E-state index contributed by atoms with van der Waals surface area (Å²) < 4.78 is 0. The normalized spacial score (nSPS) is 12.2. The van der Waals surface area contributed by atoms with Crippen LogP contribution in [0.25, 0.3) is 0 Å². The summed E-state index contributed by atoms with van der Waals surface area (Å²) in [6.07, 6.45) is 0.319. The maximum absolute atomic E-state index is 12.3. The van der Waals surface area contributed by atoms with Gasteiger partial charge in [0.25, 0.3) is 0 Å². The van der Waals surface area contributed by atoms with Gasteiger partial charge in [0, 0.05) is 13.1 Å². The van der Waals surface area contributed by atoms with Gasteiger partial charge < -0.3 is 10.0 Å². The van der Waals surface area contributed by atoms with Crippen LogP contribution in [0.5, 0.6) is 0 Å². The maximum Gasteiger partial charge on any atom is 0.308 e. The van der Waals surface area contributed by atoms with Crippen LogP contribution in [0.4, 0.5) is 0 Å². The van der Waals surface area contributed by atoms with Crippen molar-refractivity contribution in [3.05, 3.63) is 35.9 Å². The van der Waals surface area contributed by atoms with Gasteiger partial charge in [0.15, 0.2) is 0 Å². The highest BCUT2D eigenvalue weighted by Gasteiger charge is 2.21. The van der Waals surface area contributed by atoms with Crippen molar-refractivity contribution in [2.45, 2.75) is 27.2 Å². The maximum atomic E-state index is 12.3. The van der Waals surface area contributed by atoms with Gasteiger partial charge in [-0.2, -0.15) is 0 Å². The zero-order chi connectivity index (χ0) is 15.1. The van der Waals surface area contributed by atoms with E-state index in [1.165, 1.54) is 0 Å². The largest absolute Gasteiger partial charge is 0.481 e. The fourth-order valence-corrected chi connectivity index (χ4v) is 2.01. The number of amides is 1. The first-order valence-electron chi connectivity index (χ1n) is 6.94. The quantitative estimate of drug-likeness (QED) is 0.832. The Morgan fingerprint density at radius 2 is 1.70 bits per heavy atom. The van der Waals surface area contributed by atoms with Crippen molar-refractivity contribution in [1.29, 1.82) is 0 Å². The molecule has 1 unspecified atom stereocenters. The summed E-state index contributed by atoms with van der Waals surface area (Å²) in [5.74, 6) is -1.12. The molecule has 1 amide bonds. The number of rotatable bonds is 7. The molecule has 0 aliphatic carbocycles. The number of carbonyl (C=O) groups is 2. The molecular weight excluding hydrogens is 254 g/mol. The Bertz CT molecular complexity index is 442. The zero-order valence-corrected chi connectivity index (χ0v) is 12.4. The van der Waals surface area contributed by atoms with Gasteiger partial charge in [-0.1, -0.05) is 51.1 Å². The number of hydrogen-bond donors (Lipinski definition) is 1. The van der Waals surface area contributed by atoms with Crippen molar-refractivity contribution in [2.24, 2.45) is 11.8 Å². The predicted molar refractivity (Wildman–Crippen MR) is 78.4 cm³/mol. The molecule has 0 bridgehead atoms. The molecule has 0 aliphatic heterocycles. The Balaban J connectivity index is 2.71. The molecule has 0 radical (unpaired) electrons. The third-order valence-corrected chi connectivity index (χ3v) is 3.05. The number of aliphatic carboxylic acids is 1. The average molecular weight is 277 g/mol. The van der Waals surface area contributed by atoms with Gasteiger partial charge >= 0.3 is 5.97 Å². The summed E-state index contributed by atoms with van der Waals surface area (Å²) >= 11 is 0. The van der Waals surface area contributed by atoms with Gasteiger partial charge in [-0.05, 0) is 11.5 Å². The second-order valence-corrected chi connectivity index (χ2v) is 5.59. The molecule has 0 fully saturated rings. The average Bonchev–Trinajstić information content (AvgIpc) is 2.38. The van der Waals surface area contributed by atoms with Crippen molar-refractivity contribution in [1.82, 2.24) is 4.90 Å². The highest BCUT2D eigenvalue weighted by molar-refractivity contribution is 5.79. The molecule has 4 nitrogen and oxygen atoms in total. The number of benzene rings is 1. The number of hydrogen-bond acceptors (Lipinski definition) is 2. The second kappa shape index (κ2) is 7.68. The standard InChI is InChI=1S/C16H23NO3/c1-12(2)10-17(11-13(3)16(19)20)15(18)9-14-7-5-4-6-8-14/h4-8,12-13H,9-11H2,1-3H3,(H,19,20). The minimum Gasteiger partial charge on any atom is -0.481 e. The number of carbonyl (C=O) groups excluding carboxylic acids is 1. The number of carboxylic acid groups (broad SMARTS) is 1. The smallest absolute Gasteiger partial charge is 0.308 e. The summed E-state index contributed by atoms with van der Waals surface area (Å²) in [5.41, 5.74) is 0.953. The minimum atomic E-state index is -0.869. The first-order chi connectivity index (χ1) is 9.40. The SMILES string of the molecule is CC(C)CN(CC(C)C(=O)O)C(=O)Cc1ccccc1. The van der Waals surface area contributed by atoms with Crippen LogP contribution in [-0.2, 0) is 16.0 Å². The highest BCUT2D eigenvalue weighted by Crippen LogP contribution is 2.09. The third-order valence-electron chi connectivity index (χ3n) is 3.05. The van der Waals surface area contributed by atoms with E-state index >= 15 is 0 Å². The van der Waals surface area contributed by atoms with Crippen LogP contribution < -0.4 is 0 Å². The van der Waals surface area contributed by atoms with E-state index in [4.69, 9.17) is 5.11 Å². The predicted octanol–water partition coefficient (Wildman–Crippen LogP) is 2.43. The molecule has 1 rings (SSSR count). The van der Waals surface area contributed by atoms with E-state index in [1.54, 1.807) is 11.8 Å². The van der Waals surface area contributed by atoms with Crippen LogP contribution >= 0.6 is 0 Å². The second-order valence-electron chi connectivity index (χ2n) is 5.59. The molecule has 0 saturated carbocycles. The molecule has 4 heteroatoms. The van der Waals surface area contributed by atoms with E-state index < -0.39 is 11.9 Å². The van der Waals surface area contributed by atoms with Gasteiger partial charge in [-0.15, -0.1) is 0 Å². The van der Waals surface area contributed by atoms with Crippen molar-refractivity contribution >= 4 is 11.9 Å². The van der Waals surface area contributed by atoms with E-state index in [2.05, 4.69) is 0 Å². The van der Waals surface area contributed by atoms with Crippen molar-refractivity contribution < 1.29 is 14.7 Å². The molecule has 1 aromatic rings. The Hall–Kier alpha value is -1.84. The number of carboxylic acids is 1. The number of nitrogens with zero attached hydrogens (tertiary/aromatic N) is 1. The highest BCUT2D eigenvalue weighted by atomic mass is 16.4. The van der Waals surface area contributed by atoms with Gasteiger partial charge in [0.2, 0.25) is 5.91 Å². The summed E-state index contributed by atoms with van der Waals surface area (Å²) in [6, 6.07) is 9.52. The van der Waals surface area contributed by atoms with Crippen molar-refractivity contribution in [2.75, 3.05) is 13.1 Å². The molecule has 1 atom stereocenters. The molecule has 0 saturated heterocycles. The van der Waals surface area contributed by atoms with Crippen LogP contribution in [0, 0.1) is 11.8 Å². The van der Waals surface area contributed by atoms with E-state index in [0.717, 1.165) is 5.56 Å². The lowest BCUT2D eigenvalue weighted by atomic mass is 10.1. The Labute approximate surface area is 120 Å². The molecule has 110 valence electrons. The van der Waals surface area contributed by atoms with Gasteiger partial charge in [0.05, 0.1) is 12.3 Å². The summed E-state index contributed by atoms with van der Waals surface area (Å²) in [4.78, 5) is 25.0. The summed E-state index contributed by atoms with van der Waals surface area (Å²) in [7, 11) is 0. The van der Waals surface area contributed by atoms with E-state index in [9.17, 15) is 9.59 Å². The molecule has 0 spiro atoms. The summed E-state index contributed by atoms with van der Waals surface area (Å²) in [5, 5.41) is 9.00. The zero-order valence-electron chi connectivity index (χ0n) is 12.4. The van der Waals surface area contributed by atoms with Crippen molar-refractivity contribution in [3.8, 4) is 0 Å². The Morgan fingerprint density at radius 1 is 1.10 bits per heavy atom. The third kappa shape index (κ3) is 5.43. The van der Waals surface area contributed by atoms with Gasteiger partial charge in [-0.3, -0.25) is 9.59 Å². The van der Waals surface area contributed by atoms with Crippen LogP contribution in [0.15, 0.2) is 30.3 Å². The topological polar surface area (TPSA) is 57.6 Å². The van der Waals surface area contributed by atoms with Gasteiger partial charge in [0.1, 0.15) is 0 Å². The Morgan fingerprint density at radius 3 is 2.20 bits per heavy atom. The molecular formula is C16H23NO3. The lowest BCUT2D eigenvalue weighted by Gasteiger charge is -2.26. The lowest BCUT2D eigenvalue weighted by molar-refractivity contribution is -0.143. The minimum absolute atomic E-state index is 0.0157. The van der Waals surface area contributed by atoms with Crippen molar-refractivity contribution in [3.63, 3.8) is 0 Å². The van der Waals surface area contributed by atoms with Crippen LogP contribution in [0.1, 0.15) is 26.3 Å². The van der Waals surface area contributed by atoms with E-state index in [0.29, 0.717) is 18.9 Å².